The van der Waals surface area contributed by atoms with E-state index in [1.807, 2.05) is 6.92 Å². The molecule has 0 fully saturated rings. The summed E-state index contributed by atoms with van der Waals surface area (Å²) < 4.78 is 4.82. The first kappa shape index (κ1) is 9.43. The molecule has 0 atom stereocenters. The second-order valence-corrected chi connectivity index (χ2v) is 2.13. The van der Waals surface area contributed by atoms with Crippen molar-refractivity contribution in [1.82, 2.24) is 4.90 Å². The summed E-state index contributed by atoms with van der Waals surface area (Å²) in [5.74, 6) is 0. The Bertz CT molecular complexity index is 85.7. The molecule has 0 rings (SSSR count). The molecule has 1 amide bonds. The van der Waals surface area contributed by atoms with Gasteiger partial charge in [-0.1, -0.05) is 6.92 Å². The predicted octanol–water partition coefficient (Wildman–Crippen LogP) is 0.501. The van der Waals surface area contributed by atoms with Gasteiger partial charge in [-0.15, -0.1) is 0 Å². The second-order valence-electron chi connectivity index (χ2n) is 2.13. The molecule has 0 saturated heterocycles. The van der Waals surface area contributed by atoms with E-state index in [0.29, 0.717) is 13.2 Å². The van der Waals surface area contributed by atoms with Crippen molar-refractivity contribution in [2.45, 2.75) is 13.3 Å². The minimum Gasteiger partial charge on any atom is -0.383 e. The first-order valence-corrected chi connectivity index (χ1v) is 3.53. The number of methoxy groups -OCH3 is 1. The Morgan fingerprint density at radius 2 is 2.20 bits per heavy atom. The van der Waals surface area contributed by atoms with Crippen molar-refractivity contribution in [3.05, 3.63) is 0 Å². The summed E-state index contributed by atoms with van der Waals surface area (Å²) in [6.45, 7) is 4.20. The molecule has 0 aliphatic rings. The van der Waals surface area contributed by atoms with Crippen LogP contribution in [0.2, 0.25) is 0 Å². The average molecular weight is 145 g/mol. The number of carbonyl (C=O) groups excluding carboxylic acids is 1. The summed E-state index contributed by atoms with van der Waals surface area (Å²) in [5.41, 5.74) is 0. The van der Waals surface area contributed by atoms with Gasteiger partial charge in [-0.05, 0) is 6.42 Å². The Balaban J connectivity index is 3.29. The highest BCUT2D eigenvalue weighted by molar-refractivity contribution is 5.46. The maximum absolute atomic E-state index is 10.3. The fourth-order valence-electron chi connectivity index (χ4n) is 0.713. The molecule has 0 spiro atoms. The van der Waals surface area contributed by atoms with Crippen molar-refractivity contribution in [2.75, 3.05) is 26.8 Å². The molecule has 0 heterocycles. The van der Waals surface area contributed by atoms with Crippen LogP contribution < -0.4 is 0 Å². The van der Waals surface area contributed by atoms with Crippen molar-refractivity contribution in [3.63, 3.8) is 0 Å². The van der Waals surface area contributed by atoms with Crippen molar-refractivity contribution >= 4 is 6.41 Å². The Kier molecular flexibility index (Phi) is 6.18. The summed E-state index contributed by atoms with van der Waals surface area (Å²) in [7, 11) is 1.63. The third kappa shape index (κ3) is 4.32. The number of nitrogens with zero attached hydrogens (tertiary/aromatic N) is 1. The zero-order valence-corrected chi connectivity index (χ0v) is 6.67. The van der Waals surface area contributed by atoms with Gasteiger partial charge in [-0.2, -0.15) is 0 Å². The van der Waals surface area contributed by atoms with Gasteiger partial charge in [-0.25, -0.2) is 0 Å². The fourth-order valence-corrected chi connectivity index (χ4v) is 0.713. The monoisotopic (exact) mass is 145 g/mol. The Labute approximate surface area is 62.0 Å². The van der Waals surface area contributed by atoms with Crippen LogP contribution in [0.3, 0.4) is 0 Å². The van der Waals surface area contributed by atoms with Crippen molar-refractivity contribution < 1.29 is 9.53 Å². The maximum atomic E-state index is 10.3. The van der Waals surface area contributed by atoms with Gasteiger partial charge in [0.15, 0.2) is 0 Å². The van der Waals surface area contributed by atoms with Gasteiger partial charge in [0.1, 0.15) is 0 Å². The minimum atomic E-state index is 0.624. The van der Waals surface area contributed by atoms with Gasteiger partial charge < -0.3 is 9.64 Å². The number of carbonyl (C=O) groups is 1. The smallest absolute Gasteiger partial charge is 0.209 e. The molecular weight excluding hydrogens is 130 g/mol. The predicted molar refractivity (Wildman–Crippen MR) is 39.8 cm³/mol. The minimum absolute atomic E-state index is 0.624. The fraction of sp³-hybridized carbons (Fsp3) is 0.857. The van der Waals surface area contributed by atoms with Gasteiger partial charge in [-0.3, -0.25) is 4.79 Å². The Morgan fingerprint density at radius 1 is 1.50 bits per heavy atom. The van der Waals surface area contributed by atoms with Gasteiger partial charge >= 0.3 is 0 Å². The van der Waals surface area contributed by atoms with E-state index >= 15 is 0 Å². The number of hydrogen-bond donors (Lipinski definition) is 0. The standard InChI is InChI=1S/C7H15NO2/c1-3-4-8(7-9)5-6-10-2/h7H,3-6H2,1-2H3. The molecule has 0 N–H and O–H groups in total. The summed E-state index contributed by atoms with van der Waals surface area (Å²) in [6.07, 6.45) is 1.87. The summed E-state index contributed by atoms with van der Waals surface area (Å²) >= 11 is 0. The molecule has 0 saturated carbocycles. The first-order valence-electron chi connectivity index (χ1n) is 3.53. The molecule has 3 heteroatoms. The van der Waals surface area contributed by atoms with E-state index in [1.54, 1.807) is 12.0 Å². The van der Waals surface area contributed by atoms with Crippen molar-refractivity contribution in [2.24, 2.45) is 0 Å². The molecule has 3 nitrogen and oxygen atoms in total. The van der Waals surface area contributed by atoms with Crippen LogP contribution in [-0.2, 0) is 9.53 Å². The first-order chi connectivity index (χ1) is 4.85. The lowest BCUT2D eigenvalue weighted by molar-refractivity contribution is -0.118. The van der Waals surface area contributed by atoms with Gasteiger partial charge in [0.05, 0.1) is 6.61 Å². The third-order valence-corrected chi connectivity index (χ3v) is 1.24. The van der Waals surface area contributed by atoms with Crippen LogP contribution in [0.25, 0.3) is 0 Å². The highest BCUT2D eigenvalue weighted by atomic mass is 16.5. The van der Waals surface area contributed by atoms with E-state index in [9.17, 15) is 4.79 Å². The van der Waals surface area contributed by atoms with Crippen LogP contribution in [-0.4, -0.2) is 38.1 Å². The molecule has 10 heavy (non-hydrogen) atoms. The van der Waals surface area contributed by atoms with Crippen LogP contribution in [0, 0.1) is 0 Å². The van der Waals surface area contributed by atoms with Gasteiger partial charge in [0.2, 0.25) is 6.41 Å². The second kappa shape index (κ2) is 6.55. The van der Waals surface area contributed by atoms with Crippen LogP contribution in [0.5, 0.6) is 0 Å². The quantitative estimate of drug-likeness (QED) is 0.509. The zero-order chi connectivity index (χ0) is 7.82. The third-order valence-electron chi connectivity index (χ3n) is 1.24. The summed E-state index contributed by atoms with van der Waals surface area (Å²) in [6, 6.07) is 0. The lowest BCUT2D eigenvalue weighted by atomic mass is 10.4. The molecule has 0 aromatic carbocycles. The molecule has 0 aromatic heterocycles. The largest absolute Gasteiger partial charge is 0.383 e. The van der Waals surface area contributed by atoms with Crippen molar-refractivity contribution in [1.29, 1.82) is 0 Å². The Hall–Kier alpha value is -0.570. The lowest BCUT2D eigenvalue weighted by Gasteiger charge is -2.14. The molecule has 60 valence electrons. The van der Waals surface area contributed by atoms with E-state index in [1.165, 1.54) is 0 Å². The Morgan fingerprint density at radius 3 is 2.60 bits per heavy atom. The molecule has 0 aliphatic carbocycles. The van der Waals surface area contributed by atoms with E-state index in [-0.39, 0.29) is 0 Å². The van der Waals surface area contributed by atoms with Gasteiger partial charge in [0.25, 0.3) is 0 Å². The molecule has 0 bridgehead atoms. The normalized spacial score (nSPS) is 9.40. The number of hydrogen-bond acceptors (Lipinski definition) is 2. The van der Waals surface area contributed by atoms with Gasteiger partial charge in [0, 0.05) is 20.2 Å². The lowest BCUT2D eigenvalue weighted by Crippen LogP contribution is -2.26. The average Bonchev–Trinajstić information content (AvgIpc) is 1.98. The molecule has 0 aliphatic heterocycles. The SMILES string of the molecule is CCCN(C=O)CCOC. The van der Waals surface area contributed by atoms with Crippen LogP contribution in [0.4, 0.5) is 0 Å². The van der Waals surface area contributed by atoms with Crippen LogP contribution in [0.1, 0.15) is 13.3 Å². The molecular formula is C7H15NO2. The number of rotatable bonds is 6. The maximum Gasteiger partial charge on any atom is 0.209 e. The zero-order valence-electron chi connectivity index (χ0n) is 6.67. The topological polar surface area (TPSA) is 29.5 Å². The van der Waals surface area contributed by atoms with E-state index in [4.69, 9.17) is 4.74 Å². The molecule has 0 radical (unpaired) electrons. The van der Waals surface area contributed by atoms with E-state index in [2.05, 4.69) is 0 Å². The summed E-state index contributed by atoms with van der Waals surface area (Å²) in [4.78, 5) is 12.0. The molecule has 0 unspecified atom stereocenters. The summed E-state index contributed by atoms with van der Waals surface area (Å²) in [5, 5.41) is 0. The number of amides is 1. The highest BCUT2D eigenvalue weighted by Gasteiger charge is 1.96. The highest BCUT2D eigenvalue weighted by Crippen LogP contribution is 1.85. The van der Waals surface area contributed by atoms with Crippen LogP contribution >= 0.6 is 0 Å². The van der Waals surface area contributed by atoms with E-state index < -0.39 is 0 Å². The van der Waals surface area contributed by atoms with Crippen LogP contribution in [0.15, 0.2) is 0 Å². The van der Waals surface area contributed by atoms with Crippen molar-refractivity contribution in [3.8, 4) is 0 Å². The van der Waals surface area contributed by atoms with E-state index in [0.717, 1.165) is 19.4 Å². The molecule has 0 aromatic rings. The number of ether oxygens (including phenoxy) is 1.